The first kappa shape index (κ1) is 10.6. The Balaban J connectivity index is 3.75. The molecule has 0 aliphatic carbocycles. The lowest BCUT2D eigenvalue weighted by Gasteiger charge is -2.16. The number of hydrogen-bond donors (Lipinski definition) is 0. The van der Waals surface area contributed by atoms with Crippen molar-refractivity contribution in [3.63, 3.8) is 0 Å². The zero-order chi connectivity index (χ0) is 7.71. The Labute approximate surface area is 76.3 Å². The maximum absolute atomic E-state index is 5.94. The molecule has 0 aromatic heterocycles. The van der Waals surface area contributed by atoms with Gasteiger partial charge in [0.15, 0.2) is 7.38 Å². The molecule has 0 atom stereocenters. The van der Waals surface area contributed by atoms with Gasteiger partial charge in [-0.1, -0.05) is 13.1 Å². The molecule has 0 bridgehead atoms. The molecule has 0 saturated carbocycles. The van der Waals surface area contributed by atoms with Crippen molar-refractivity contribution in [1.82, 2.24) is 0 Å². The van der Waals surface area contributed by atoms with Gasteiger partial charge in [-0.15, -0.1) is 33.2 Å². The van der Waals surface area contributed by atoms with E-state index in [0.29, 0.717) is 5.67 Å². The van der Waals surface area contributed by atoms with Crippen LogP contribution in [0.5, 0.6) is 0 Å². The van der Waals surface area contributed by atoms with E-state index in [1.54, 1.807) is 0 Å². The van der Waals surface area contributed by atoms with Crippen LogP contribution in [-0.2, 0) is 0 Å². The highest BCUT2D eigenvalue weighted by Crippen LogP contribution is 2.31. The molecule has 0 aliphatic heterocycles. The summed E-state index contributed by atoms with van der Waals surface area (Å²) in [5.74, 6) is 0. The summed E-state index contributed by atoms with van der Waals surface area (Å²) >= 11 is 22.9. The first-order valence-corrected chi connectivity index (χ1v) is 11.9. The third-order valence-electron chi connectivity index (χ3n) is 0.621. The van der Waals surface area contributed by atoms with Crippen molar-refractivity contribution in [2.24, 2.45) is 0 Å². The van der Waals surface area contributed by atoms with Crippen LogP contribution in [0.2, 0.25) is 18.8 Å². The first-order valence-electron chi connectivity index (χ1n) is 2.46. The minimum absolute atomic E-state index is 0.631. The predicted octanol–water partition coefficient (Wildman–Crippen LogP) is 3.62. The Morgan fingerprint density at radius 2 is 1.33 bits per heavy atom. The zero-order valence-corrected chi connectivity index (χ0v) is 10.2. The monoisotopic (exact) mass is 240 g/mol. The Hall–Kier alpha value is 1.59. The first-order chi connectivity index (χ1) is 3.71. The molecule has 0 unspecified atom stereocenters. The summed E-state index contributed by atoms with van der Waals surface area (Å²) in [7, 11) is -1.65. The van der Waals surface area contributed by atoms with E-state index in [4.69, 9.17) is 44.3 Å². The van der Waals surface area contributed by atoms with Gasteiger partial charge in [-0.2, -0.15) is 11.1 Å². The van der Waals surface area contributed by atoms with Gasteiger partial charge in [-0.3, -0.25) is 0 Å². The van der Waals surface area contributed by atoms with Crippen LogP contribution in [0.1, 0.15) is 0 Å². The van der Waals surface area contributed by atoms with Gasteiger partial charge in [-0.25, -0.2) is 0 Å². The fourth-order valence-electron chi connectivity index (χ4n) is 0.477. The van der Waals surface area contributed by atoms with Gasteiger partial charge in [0.05, 0.1) is 0 Å². The molecular formula is C3H8Cl4Si2. The van der Waals surface area contributed by atoms with Gasteiger partial charge in [0.25, 0.3) is 0 Å². The Kier molecular flexibility index (Phi) is 3.92. The molecular weight excluding hydrogens is 234 g/mol. The summed E-state index contributed by atoms with van der Waals surface area (Å²) in [6.45, 7) is 3.95. The van der Waals surface area contributed by atoms with Gasteiger partial charge in [-0.05, 0) is 5.67 Å². The van der Waals surface area contributed by atoms with Crippen molar-refractivity contribution < 1.29 is 0 Å². The Bertz CT molecular complexity index is 79.0. The van der Waals surface area contributed by atoms with Gasteiger partial charge < -0.3 is 0 Å². The van der Waals surface area contributed by atoms with Crippen molar-refractivity contribution >= 4 is 57.7 Å². The Morgan fingerprint density at radius 3 is 1.33 bits per heavy atom. The van der Waals surface area contributed by atoms with E-state index in [0.717, 1.165) is 0 Å². The van der Waals surface area contributed by atoms with Crippen LogP contribution < -0.4 is 0 Å². The van der Waals surface area contributed by atoms with Gasteiger partial charge in [0.2, 0.25) is 0 Å². The number of rotatable bonds is 2. The average Bonchev–Trinajstić information content (AvgIpc) is 1.14. The zero-order valence-electron chi connectivity index (χ0n) is 5.22. The predicted molar refractivity (Wildman–Crippen MR) is 51.5 cm³/mol. The van der Waals surface area contributed by atoms with E-state index in [2.05, 4.69) is 0 Å². The van der Waals surface area contributed by atoms with E-state index in [-0.39, 0.29) is 0 Å². The molecule has 0 aromatic carbocycles. The molecule has 0 spiro atoms. The molecule has 0 saturated heterocycles. The van der Waals surface area contributed by atoms with Crippen LogP contribution in [0, 0.1) is 0 Å². The van der Waals surface area contributed by atoms with Gasteiger partial charge >= 0.3 is 6.00 Å². The molecule has 0 rings (SSSR count). The quantitative estimate of drug-likeness (QED) is 0.512. The molecule has 0 radical (unpaired) electrons. The minimum atomic E-state index is -2.45. The molecule has 0 amide bonds. The van der Waals surface area contributed by atoms with E-state index < -0.39 is 13.4 Å². The normalized spacial score (nSPS) is 14.0. The van der Waals surface area contributed by atoms with Crippen LogP contribution >= 0.6 is 44.3 Å². The van der Waals surface area contributed by atoms with Crippen molar-refractivity contribution in [3.05, 3.63) is 0 Å². The molecule has 0 N–H and O–H groups in total. The van der Waals surface area contributed by atoms with Crippen LogP contribution in [-0.4, -0.2) is 13.4 Å². The molecule has 0 fully saturated rings. The standard InChI is InChI=1S/C3H8Cl4Si2/c1-8(2,4)3-9(5,6)7/h3H2,1-2H3. The van der Waals surface area contributed by atoms with Crippen molar-refractivity contribution in [2.45, 2.75) is 18.8 Å². The van der Waals surface area contributed by atoms with Crippen molar-refractivity contribution in [1.29, 1.82) is 0 Å². The molecule has 9 heavy (non-hydrogen) atoms. The highest BCUT2D eigenvalue weighted by Gasteiger charge is 2.34. The van der Waals surface area contributed by atoms with E-state index in [1.807, 2.05) is 13.1 Å². The fraction of sp³-hybridized carbons (Fsp3) is 1.00. The molecule has 0 nitrogen and oxygen atoms in total. The van der Waals surface area contributed by atoms with Crippen LogP contribution in [0.15, 0.2) is 0 Å². The maximum atomic E-state index is 5.94. The molecule has 0 aromatic rings. The topological polar surface area (TPSA) is 0 Å². The second-order valence-corrected chi connectivity index (χ2v) is 19.2. The van der Waals surface area contributed by atoms with E-state index >= 15 is 0 Å². The lowest BCUT2D eigenvalue weighted by Crippen LogP contribution is -2.27. The second kappa shape index (κ2) is 3.33. The third-order valence-corrected chi connectivity index (χ3v) is 10.4. The lowest BCUT2D eigenvalue weighted by molar-refractivity contribution is 1.76. The van der Waals surface area contributed by atoms with Crippen LogP contribution in [0.3, 0.4) is 0 Å². The molecule has 56 valence electrons. The van der Waals surface area contributed by atoms with Crippen LogP contribution in [0.25, 0.3) is 0 Å². The van der Waals surface area contributed by atoms with Gasteiger partial charge in [0, 0.05) is 0 Å². The highest BCUT2D eigenvalue weighted by molar-refractivity contribution is 7.67. The smallest absolute Gasteiger partial charge is 0.168 e. The minimum Gasteiger partial charge on any atom is -0.168 e. The van der Waals surface area contributed by atoms with Crippen LogP contribution in [0.4, 0.5) is 0 Å². The fourth-order valence-corrected chi connectivity index (χ4v) is 17.0. The summed E-state index contributed by atoms with van der Waals surface area (Å²) in [5.41, 5.74) is 0.631. The van der Waals surface area contributed by atoms with Crippen molar-refractivity contribution in [3.8, 4) is 0 Å². The number of halogens is 4. The number of hydrogen-bond acceptors (Lipinski definition) is 0. The summed E-state index contributed by atoms with van der Waals surface area (Å²) in [6.07, 6.45) is 0. The van der Waals surface area contributed by atoms with Gasteiger partial charge in [0.1, 0.15) is 0 Å². The average molecular weight is 242 g/mol. The summed E-state index contributed by atoms with van der Waals surface area (Å²) in [6, 6.07) is -2.45. The molecule has 0 heterocycles. The molecule has 6 heteroatoms. The van der Waals surface area contributed by atoms with E-state index in [9.17, 15) is 0 Å². The van der Waals surface area contributed by atoms with E-state index in [1.165, 1.54) is 0 Å². The lowest BCUT2D eigenvalue weighted by atomic mass is 11.8. The summed E-state index contributed by atoms with van der Waals surface area (Å²) in [5, 5.41) is 0. The molecule has 0 aliphatic rings. The largest absolute Gasteiger partial charge is 0.340 e. The SMILES string of the molecule is C[Si](C)(Cl)C[Si](Cl)(Cl)Cl. The van der Waals surface area contributed by atoms with Crippen molar-refractivity contribution in [2.75, 3.05) is 0 Å². The summed E-state index contributed by atoms with van der Waals surface area (Å²) in [4.78, 5) is 0. The Morgan fingerprint density at radius 1 is 1.00 bits per heavy atom. The highest BCUT2D eigenvalue weighted by atomic mass is 35.8. The second-order valence-electron chi connectivity index (χ2n) is 2.51. The summed E-state index contributed by atoms with van der Waals surface area (Å²) < 4.78 is 0. The maximum Gasteiger partial charge on any atom is 0.340 e. The third kappa shape index (κ3) is 9.59.